The maximum absolute atomic E-state index is 11.9. The van der Waals surface area contributed by atoms with Crippen LogP contribution in [-0.2, 0) is 13.0 Å². The molecule has 0 aromatic heterocycles. The molecule has 2 N–H and O–H groups in total. The smallest absolute Gasteiger partial charge is 0.253 e. The number of halogens is 1. The minimum Gasteiger partial charge on any atom is -0.497 e. The number of benzene rings is 2. The summed E-state index contributed by atoms with van der Waals surface area (Å²) in [6, 6.07) is 13.2. The lowest BCUT2D eigenvalue weighted by atomic mass is 10.1. The Kier molecular flexibility index (Phi) is 8.14. The first-order chi connectivity index (χ1) is 13.4. The fraction of sp³-hybridized carbons (Fsp3) is 0.333. The van der Waals surface area contributed by atoms with Crippen molar-refractivity contribution < 1.29 is 9.53 Å². The van der Waals surface area contributed by atoms with E-state index in [-0.39, 0.29) is 5.91 Å². The molecular formula is C21H27ClN4O2. The van der Waals surface area contributed by atoms with Gasteiger partial charge in [0.1, 0.15) is 5.75 Å². The van der Waals surface area contributed by atoms with Crippen molar-refractivity contribution in [1.82, 2.24) is 15.5 Å². The molecule has 1 amide bonds. The van der Waals surface area contributed by atoms with Gasteiger partial charge >= 0.3 is 0 Å². The zero-order valence-electron chi connectivity index (χ0n) is 16.8. The highest BCUT2D eigenvalue weighted by atomic mass is 35.5. The molecule has 0 unspecified atom stereocenters. The Bertz CT molecular complexity index is 820. The quantitative estimate of drug-likeness (QED) is 0.552. The van der Waals surface area contributed by atoms with E-state index in [1.807, 2.05) is 42.5 Å². The first kappa shape index (κ1) is 21.6. The molecule has 0 saturated carbocycles. The van der Waals surface area contributed by atoms with Crippen LogP contribution in [0.25, 0.3) is 0 Å². The van der Waals surface area contributed by atoms with Crippen molar-refractivity contribution in [3.05, 3.63) is 64.2 Å². The number of amides is 1. The monoisotopic (exact) mass is 402 g/mol. The third kappa shape index (κ3) is 6.16. The number of rotatable bonds is 7. The van der Waals surface area contributed by atoms with E-state index in [4.69, 9.17) is 16.3 Å². The van der Waals surface area contributed by atoms with Gasteiger partial charge in [-0.2, -0.15) is 0 Å². The maximum atomic E-state index is 11.9. The van der Waals surface area contributed by atoms with E-state index in [2.05, 4.69) is 15.6 Å². The van der Waals surface area contributed by atoms with Gasteiger partial charge in [0.25, 0.3) is 5.91 Å². The van der Waals surface area contributed by atoms with Crippen molar-refractivity contribution in [3.63, 3.8) is 0 Å². The molecule has 0 aliphatic rings. The topological polar surface area (TPSA) is 66.0 Å². The van der Waals surface area contributed by atoms with Crippen molar-refractivity contribution in [2.75, 3.05) is 34.8 Å². The van der Waals surface area contributed by atoms with Gasteiger partial charge in [0.05, 0.1) is 7.11 Å². The highest BCUT2D eigenvalue weighted by Gasteiger charge is 2.07. The Hall–Kier alpha value is -2.73. The van der Waals surface area contributed by atoms with Gasteiger partial charge in [-0.05, 0) is 41.8 Å². The number of carbonyl (C=O) groups excluding carboxylic acids is 1. The third-order valence-corrected chi connectivity index (χ3v) is 4.59. The van der Waals surface area contributed by atoms with Crippen molar-refractivity contribution in [1.29, 1.82) is 0 Å². The van der Waals surface area contributed by atoms with E-state index in [0.717, 1.165) is 23.3 Å². The number of nitrogens with one attached hydrogen (secondary N) is 2. The molecule has 0 bridgehead atoms. The Labute approximate surface area is 171 Å². The normalized spacial score (nSPS) is 11.1. The summed E-state index contributed by atoms with van der Waals surface area (Å²) in [4.78, 5) is 17.7. The Morgan fingerprint density at radius 2 is 1.86 bits per heavy atom. The maximum Gasteiger partial charge on any atom is 0.253 e. The molecule has 2 aromatic carbocycles. The summed E-state index contributed by atoms with van der Waals surface area (Å²) in [5, 5.41) is 7.23. The molecule has 28 heavy (non-hydrogen) atoms. The van der Waals surface area contributed by atoms with Crippen LogP contribution in [0.3, 0.4) is 0 Å². The lowest BCUT2D eigenvalue weighted by molar-refractivity contribution is 0.0827. The van der Waals surface area contributed by atoms with E-state index in [1.54, 1.807) is 33.2 Å². The molecule has 0 radical (unpaired) electrons. The van der Waals surface area contributed by atoms with E-state index in [9.17, 15) is 4.79 Å². The molecule has 0 spiro atoms. The molecule has 0 heterocycles. The molecule has 0 fully saturated rings. The first-order valence-electron chi connectivity index (χ1n) is 9.02. The van der Waals surface area contributed by atoms with Crippen LogP contribution in [0.5, 0.6) is 5.75 Å². The number of nitrogens with zero attached hydrogens (tertiary/aromatic N) is 2. The molecule has 0 aliphatic heterocycles. The number of hydrogen-bond donors (Lipinski definition) is 2. The average molecular weight is 403 g/mol. The van der Waals surface area contributed by atoms with Crippen LogP contribution in [0.15, 0.2) is 47.5 Å². The van der Waals surface area contributed by atoms with Gasteiger partial charge in [-0.15, -0.1) is 0 Å². The SMILES string of the molecule is CN=C(NCCc1ccc(OC)cc1Cl)NCc1ccc(C(=O)N(C)C)cc1. The van der Waals surface area contributed by atoms with Gasteiger partial charge < -0.3 is 20.3 Å². The summed E-state index contributed by atoms with van der Waals surface area (Å²) in [6.45, 7) is 1.31. The molecule has 0 atom stereocenters. The van der Waals surface area contributed by atoms with Crippen LogP contribution in [0.2, 0.25) is 5.02 Å². The number of methoxy groups -OCH3 is 1. The van der Waals surface area contributed by atoms with E-state index >= 15 is 0 Å². The van der Waals surface area contributed by atoms with Crippen LogP contribution < -0.4 is 15.4 Å². The molecule has 7 heteroatoms. The lowest BCUT2D eigenvalue weighted by Crippen LogP contribution is -2.37. The summed E-state index contributed by atoms with van der Waals surface area (Å²) < 4.78 is 5.17. The number of guanidine groups is 1. The molecule has 2 aromatic rings. The number of aliphatic imine (C=N–C) groups is 1. The molecular weight excluding hydrogens is 376 g/mol. The van der Waals surface area contributed by atoms with Crippen LogP contribution in [-0.4, -0.2) is 51.6 Å². The fourth-order valence-electron chi connectivity index (χ4n) is 2.60. The van der Waals surface area contributed by atoms with Crippen LogP contribution >= 0.6 is 11.6 Å². The fourth-order valence-corrected chi connectivity index (χ4v) is 2.87. The van der Waals surface area contributed by atoms with Crippen LogP contribution in [0.1, 0.15) is 21.5 Å². The van der Waals surface area contributed by atoms with Crippen LogP contribution in [0.4, 0.5) is 0 Å². The minimum absolute atomic E-state index is 0.00539. The second-order valence-electron chi connectivity index (χ2n) is 6.46. The predicted molar refractivity (Wildman–Crippen MR) is 114 cm³/mol. The van der Waals surface area contributed by atoms with E-state index < -0.39 is 0 Å². The third-order valence-electron chi connectivity index (χ3n) is 4.24. The summed E-state index contributed by atoms with van der Waals surface area (Å²) in [5.41, 5.74) is 2.79. The number of ether oxygens (including phenoxy) is 1. The standard InChI is InChI=1S/C21H27ClN4O2/c1-23-21(24-12-11-16-9-10-18(28-4)13-19(16)22)25-14-15-5-7-17(8-6-15)20(27)26(2)3/h5-10,13H,11-12,14H2,1-4H3,(H2,23,24,25). The van der Waals surface area contributed by atoms with E-state index in [1.165, 1.54) is 0 Å². The summed E-state index contributed by atoms with van der Waals surface area (Å²) in [7, 11) is 6.84. The second-order valence-corrected chi connectivity index (χ2v) is 6.86. The predicted octanol–water partition coefficient (Wildman–Crippen LogP) is 2.96. The van der Waals surface area contributed by atoms with Gasteiger partial charge in [-0.25, -0.2) is 0 Å². The minimum atomic E-state index is -0.00539. The van der Waals surface area contributed by atoms with Crippen molar-refractivity contribution in [3.8, 4) is 5.75 Å². The largest absolute Gasteiger partial charge is 0.497 e. The van der Waals surface area contributed by atoms with Gasteiger partial charge in [-0.3, -0.25) is 9.79 Å². The molecule has 150 valence electrons. The molecule has 2 rings (SSSR count). The number of hydrogen-bond acceptors (Lipinski definition) is 3. The summed E-state index contributed by atoms with van der Waals surface area (Å²) >= 11 is 6.27. The highest BCUT2D eigenvalue weighted by molar-refractivity contribution is 6.31. The number of carbonyl (C=O) groups is 1. The Morgan fingerprint density at radius 3 is 2.43 bits per heavy atom. The molecule has 6 nitrogen and oxygen atoms in total. The zero-order valence-corrected chi connectivity index (χ0v) is 17.5. The average Bonchev–Trinajstić information content (AvgIpc) is 2.71. The zero-order chi connectivity index (χ0) is 20.5. The lowest BCUT2D eigenvalue weighted by Gasteiger charge is -2.13. The van der Waals surface area contributed by atoms with Gasteiger partial charge in [0.15, 0.2) is 5.96 Å². The Morgan fingerprint density at radius 1 is 1.14 bits per heavy atom. The second kappa shape index (κ2) is 10.6. The van der Waals surface area contributed by atoms with E-state index in [0.29, 0.717) is 29.6 Å². The van der Waals surface area contributed by atoms with Crippen molar-refractivity contribution in [2.45, 2.75) is 13.0 Å². The molecule has 0 aliphatic carbocycles. The van der Waals surface area contributed by atoms with Crippen LogP contribution in [0, 0.1) is 0 Å². The Balaban J connectivity index is 1.82. The van der Waals surface area contributed by atoms with Crippen molar-refractivity contribution in [2.24, 2.45) is 4.99 Å². The molecule has 0 saturated heterocycles. The highest BCUT2D eigenvalue weighted by Crippen LogP contribution is 2.22. The van der Waals surface area contributed by atoms with Crippen molar-refractivity contribution >= 4 is 23.5 Å². The van der Waals surface area contributed by atoms with Gasteiger partial charge in [-0.1, -0.05) is 29.8 Å². The van der Waals surface area contributed by atoms with Gasteiger partial charge in [0, 0.05) is 44.8 Å². The summed E-state index contributed by atoms with van der Waals surface area (Å²) in [5.74, 6) is 1.45. The first-order valence-corrected chi connectivity index (χ1v) is 9.40. The van der Waals surface area contributed by atoms with Gasteiger partial charge in [0.2, 0.25) is 0 Å². The summed E-state index contributed by atoms with van der Waals surface area (Å²) in [6.07, 6.45) is 0.769.